The summed E-state index contributed by atoms with van der Waals surface area (Å²) in [6.07, 6.45) is 0. The van der Waals surface area contributed by atoms with Crippen LogP contribution < -0.4 is 5.32 Å². The molecule has 1 aromatic carbocycles. The summed E-state index contributed by atoms with van der Waals surface area (Å²) in [6.45, 7) is 2.12. The third-order valence-corrected chi connectivity index (χ3v) is 4.76. The minimum atomic E-state index is 0.200. The topological polar surface area (TPSA) is 12.0 Å². The first kappa shape index (κ1) is 13.1. The lowest BCUT2D eigenvalue weighted by molar-refractivity contribution is 0.694. The summed E-state index contributed by atoms with van der Waals surface area (Å²) in [7, 11) is 1.97. The summed E-state index contributed by atoms with van der Waals surface area (Å²) in [6, 6.07) is 8.48. The van der Waals surface area contributed by atoms with Crippen LogP contribution in [0.1, 0.15) is 22.0 Å². The Bertz CT molecular complexity index is 524. The molecule has 1 atom stereocenters. The number of aryl methyl sites for hydroxylation is 1. The van der Waals surface area contributed by atoms with Crippen LogP contribution in [0.15, 0.2) is 34.1 Å². The lowest BCUT2D eigenvalue weighted by atomic mass is 10.0. The molecule has 17 heavy (non-hydrogen) atoms. The molecule has 2 rings (SSSR count). The van der Waals surface area contributed by atoms with Crippen molar-refractivity contribution in [3.05, 3.63) is 55.1 Å². The highest BCUT2D eigenvalue weighted by Crippen LogP contribution is 2.30. The zero-order chi connectivity index (χ0) is 12.4. The lowest BCUT2D eigenvalue weighted by Gasteiger charge is -2.16. The molecule has 0 fully saturated rings. The van der Waals surface area contributed by atoms with Gasteiger partial charge >= 0.3 is 0 Å². The van der Waals surface area contributed by atoms with Crippen molar-refractivity contribution in [3.63, 3.8) is 0 Å². The molecule has 90 valence electrons. The van der Waals surface area contributed by atoms with Crippen LogP contribution in [0.2, 0.25) is 5.02 Å². The van der Waals surface area contributed by atoms with Gasteiger partial charge in [0.15, 0.2) is 0 Å². The molecule has 1 aromatic heterocycles. The van der Waals surface area contributed by atoms with Gasteiger partial charge in [0.2, 0.25) is 0 Å². The molecule has 1 nitrogen and oxygen atoms in total. The van der Waals surface area contributed by atoms with Gasteiger partial charge < -0.3 is 5.32 Å². The number of hydrogen-bond donors (Lipinski definition) is 1. The minimum Gasteiger partial charge on any atom is -0.309 e. The van der Waals surface area contributed by atoms with Crippen molar-refractivity contribution in [1.29, 1.82) is 0 Å². The molecule has 0 aliphatic rings. The van der Waals surface area contributed by atoms with Crippen LogP contribution in [0.5, 0.6) is 0 Å². The molecular weight excluding hydrogens is 318 g/mol. The maximum atomic E-state index is 6.14. The average molecular weight is 331 g/mol. The zero-order valence-corrected chi connectivity index (χ0v) is 12.8. The van der Waals surface area contributed by atoms with E-state index in [1.165, 1.54) is 16.0 Å². The Kier molecular flexibility index (Phi) is 4.26. The van der Waals surface area contributed by atoms with Gasteiger partial charge in [-0.3, -0.25) is 0 Å². The predicted molar refractivity (Wildman–Crippen MR) is 79.1 cm³/mol. The van der Waals surface area contributed by atoms with Gasteiger partial charge in [0.25, 0.3) is 0 Å². The molecule has 0 aliphatic carbocycles. The standard InChI is InChI=1S/C13H13BrClNS/c1-8-5-10(7-17-8)13(16-2)9-3-4-11(14)12(15)6-9/h3-7,13,16H,1-2H3. The van der Waals surface area contributed by atoms with Crippen LogP contribution in [-0.2, 0) is 0 Å². The van der Waals surface area contributed by atoms with E-state index in [2.05, 4.69) is 45.7 Å². The Hall–Kier alpha value is -0.350. The largest absolute Gasteiger partial charge is 0.309 e. The third-order valence-electron chi connectivity index (χ3n) is 2.65. The van der Waals surface area contributed by atoms with E-state index < -0.39 is 0 Å². The highest BCUT2D eigenvalue weighted by molar-refractivity contribution is 9.10. The van der Waals surface area contributed by atoms with E-state index in [1.54, 1.807) is 11.3 Å². The fourth-order valence-corrected chi connectivity index (χ4v) is 3.00. The van der Waals surface area contributed by atoms with Gasteiger partial charge in [-0.05, 0) is 64.6 Å². The Morgan fingerprint density at radius 1 is 1.29 bits per heavy atom. The maximum Gasteiger partial charge on any atom is 0.0583 e. The molecule has 1 N–H and O–H groups in total. The molecule has 1 heterocycles. The van der Waals surface area contributed by atoms with Gasteiger partial charge in [-0.2, -0.15) is 0 Å². The summed E-state index contributed by atoms with van der Waals surface area (Å²) in [5.41, 5.74) is 2.46. The SMILES string of the molecule is CNC(c1csc(C)c1)c1ccc(Br)c(Cl)c1. The molecule has 4 heteroatoms. The summed E-state index contributed by atoms with van der Waals surface area (Å²) >= 11 is 11.3. The monoisotopic (exact) mass is 329 g/mol. The molecule has 0 saturated carbocycles. The average Bonchev–Trinajstić information content (AvgIpc) is 2.71. The van der Waals surface area contributed by atoms with Gasteiger partial charge in [0.1, 0.15) is 0 Å². The highest BCUT2D eigenvalue weighted by atomic mass is 79.9. The van der Waals surface area contributed by atoms with Gasteiger partial charge in [0, 0.05) is 9.35 Å². The third kappa shape index (κ3) is 2.91. The number of hydrogen-bond acceptors (Lipinski definition) is 2. The quantitative estimate of drug-likeness (QED) is 0.854. The van der Waals surface area contributed by atoms with Crippen LogP contribution in [-0.4, -0.2) is 7.05 Å². The van der Waals surface area contributed by atoms with Crippen LogP contribution in [0.4, 0.5) is 0 Å². The van der Waals surface area contributed by atoms with Crippen molar-refractivity contribution in [2.24, 2.45) is 0 Å². The Morgan fingerprint density at radius 3 is 2.59 bits per heavy atom. The van der Waals surface area contributed by atoms with Crippen molar-refractivity contribution in [1.82, 2.24) is 5.32 Å². The molecule has 0 amide bonds. The molecular formula is C13H13BrClNS. The van der Waals surface area contributed by atoms with Crippen LogP contribution in [0.3, 0.4) is 0 Å². The van der Waals surface area contributed by atoms with Gasteiger partial charge in [-0.25, -0.2) is 0 Å². The second kappa shape index (κ2) is 5.53. The van der Waals surface area contributed by atoms with E-state index in [0.29, 0.717) is 0 Å². The minimum absolute atomic E-state index is 0.200. The normalized spacial score (nSPS) is 12.7. The van der Waals surface area contributed by atoms with Gasteiger partial charge in [0.05, 0.1) is 11.1 Å². The first-order valence-electron chi connectivity index (χ1n) is 5.29. The van der Waals surface area contributed by atoms with Crippen molar-refractivity contribution >= 4 is 38.9 Å². The molecule has 0 aliphatic heterocycles. The van der Waals surface area contributed by atoms with Crippen molar-refractivity contribution in [2.75, 3.05) is 7.05 Å². The first-order chi connectivity index (χ1) is 8.11. The van der Waals surface area contributed by atoms with Gasteiger partial charge in [-0.15, -0.1) is 11.3 Å². The number of thiophene rings is 1. The lowest BCUT2D eigenvalue weighted by Crippen LogP contribution is -2.16. The molecule has 0 bridgehead atoms. The number of rotatable bonds is 3. The molecule has 1 unspecified atom stereocenters. The molecule has 0 saturated heterocycles. The Labute approximate surface area is 119 Å². The summed E-state index contributed by atoms with van der Waals surface area (Å²) in [4.78, 5) is 1.32. The maximum absolute atomic E-state index is 6.14. The Balaban J connectivity index is 2.38. The van der Waals surface area contributed by atoms with E-state index >= 15 is 0 Å². The number of halogens is 2. The second-order valence-electron chi connectivity index (χ2n) is 3.89. The molecule has 0 spiro atoms. The molecule has 2 aromatic rings. The highest BCUT2D eigenvalue weighted by Gasteiger charge is 2.14. The fourth-order valence-electron chi connectivity index (χ4n) is 1.83. The first-order valence-corrected chi connectivity index (χ1v) is 7.34. The second-order valence-corrected chi connectivity index (χ2v) is 6.26. The summed E-state index contributed by atoms with van der Waals surface area (Å²) < 4.78 is 0.930. The number of benzene rings is 1. The summed E-state index contributed by atoms with van der Waals surface area (Å²) in [5, 5.41) is 6.26. The van der Waals surface area contributed by atoms with Crippen molar-refractivity contribution < 1.29 is 0 Å². The smallest absolute Gasteiger partial charge is 0.0583 e. The molecule has 0 radical (unpaired) electrons. The van der Waals surface area contributed by atoms with Crippen molar-refractivity contribution in [2.45, 2.75) is 13.0 Å². The van der Waals surface area contributed by atoms with Crippen molar-refractivity contribution in [3.8, 4) is 0 Å². The predicted octanol–water partition coefficient (Wildman–Crippen LogP) is 4.78. The zero-order valence-electron chi connectivity index (χ0n) is 9.63. The van der Waals surface area contributed by atoms with Crippen LogP contribution >= 0.6 is 38.9 Å². The van der Waals surface area contributed by atoms with Crippen LogP contribution in [0, 0.1) is 6.92 Å². The fraction of sp³-hybridized carbons (Fsp3) is 0.231. The van der Waals surface area contributed by atoms with E-state index in [1.807, 2.05) is 19.2 Å². The van der Waals surface area contributed by atoms with E-state index in [0.717, 1.165) is 9.50 Å². The van der Waals surface area contributed by atoms with Gasteiger partial charge in [-0.1, -0.05) is 17.7 Å². The number of nitrogens with one attached hydrogen (secondary N) is 1. The van der Waals surface area contributed by atoms with E-state index in [-0.39, 0.29) is 6.04 Å². The summed E-state index contributed by atoms with van der Waals surface area (Å²) in [5.74, 6) is 0. The van der Waals surface area contributed by atoms with E-state index in [9.17, 15) is 0 Å². The van der Waals surface area contributed by atoms with E-state index in [4.69, 9.17) is 11.6 Å². The van der Waals surface area contributed by atoms with Crippen LogP contribution in [0.25, 0.3) is 0 Å². The Morgan fingerprint density at radius 2 is 2.06 bits per heavy atom.